The molecule has 3 N–H and O–H groups in total. The monoisotopic (exact) mass is 192 g/mol. The first-order chi connectivity index (χ1) is 6.65. The molecule has 1 saturated heterocycles. The highest BCUT2D eigenvalue weighted by molar-refractivity contribution is 5.41. The molecule has 0 amide bonds. The molecule has 0 radical (unpaired) electrons. The molecule has 14 heavy (non-hydrogen) atoms. The molecule has 76 valence electrons. The van der Waals surface area contributed by atoms with Gasteiger partial charge in [-0.2, -0.15) is 0 Å². The Hall–Kier alpha value is -1.06. The minimum absolute atomic E-state index is 0.196. The number of nitrogens with two attached hydrogens (primary N) is 1. The second-order valence-corrected chi connectivity index (χ2v) is 3.94. The summed E-state index contributed by atoms with van der Waals surface area (Å²) in [6.07, 6.45) is 0. The molecule has 0 atom stereocenters. The van der Waals surface area contributed by atoms with E-state index in [0.717, 1.165) is 18.8 Å². The summed E-state index contributed by atoms with van der Waals surface area (Å²) in [5.74, 6) is 0.877. The van der Waals surface area contributed by atoms with Crippen LogP contribution in [0.2, 0.25) is 0 Å². The van der Waals surface area contributed by atoms with Gasteiger partial charge < -0.3 is 15.8 Å². The third-order valence-corrected chi connectivity index (χ3v) is 2.86. The van der Waals surface area contributed by atoms with Crippen molar-refractivity contribution in [2.45, 2.75) is 12.5 Å². The fourth-order valence-electron chi connectivity index (χ4n) is 1.85. The Balaban J connectivity index is 2.40. The van der Waals surface area contributed by atoms with Crippen LogP contribution in [0.3, 0.4) is 0 Å². The number of benzene rings is 1. The van der Waals surface area contributed by atoms with Crippen molar-refractivity contribution in [3.63, 3.8) is 0 Å². The van der Waals surface area contributed by atoms with Crippen molar-refractivity contribution in [3.05, 3.63) is 29.3 Å². The van der Waals surface area contributed by atoms with E-state index in [9.17, 15) is 0 Å². The summed E-state index contributed by atoms with van der Waals surface area (Å²) in [5.41, 5.74) is 8.46. The molecule has 1 heterocycles. The summed E-state index contributed by atoms with van der Waals surface area (Å²) >= 11 is 0. The minimum Gasteiger partial charge on any atom is -0.497 e. The third kappa shape index (κ3) is 1.38. The summed E-state index contributed by atoms with van der Waals surface area (Å²) in [6.45, 7) is 3.78. The molecule has 0 aromatic heterocycles. The molecule has 0 spiro atoms. The highest BCUT2D eigenvalue weighted by atomic mass is 16.5. The summed E-state index contributed by atoms with van der Waals surface area (Å²) in [4.78, 5) is 0. The van der Waals surface area contributed by atoms with Gasteiger partial charge in [0, 0.05) is 13.1 Å². The number of methoxy groups -OCH3 is 1. The van der Waals surface area contributed by atoms with Gasteiger partial charge in [-0.15, -0.1) is 0 Å². The van der Waals surface area contributed by atoms with Crippen molar-refractivity contribution in [3.8, 4) is 5.75 Å². The van der Waals surface area contributed by atoms with Crippen molar-refractivity contribution < 1.29 is 4.74 Å². The number of rotatable bonds is 2. The van der Waals surface area contributed by atoms with E-state index in [4.69, 9.17) is 10.5 Å². The largest absolute Gasteiger partial charge is 0.497 e. The van der Waals surface area contributed by atoms with Gasteiger partial charge >= 0.3 is 0 Å². The predicted octanol–water partition coefficient (Wildman–Crippen LogP) is 0.761. The van der Waals surface area contributed by atoms with Gasteiger partial charge in [-0.05, 0) is 30.2 Å². The highest BCUT2D eigenvalue weighted by Crippen LogP contribution is 2.28. The maximum Gasteiger partial charge on any atom is 0.119 e. The fraction of sp³-hybridized carbons (Fsp3) is 0.455. The lowest BCUT2D eigenvalue weighted by Crippen LogP contribution is -2.63. The van der Waals surface area contributed by atoms with Gasteiger partial charge in [0.2, 0.25) is 0 Å². The molecule has 0 aliphatic carbocycles. The van der Waals surface area contributed by atoms with Crippen LogP contribution in [0, 0.1) is 6.92 Å². The van der Waals surface area contributed by atoms with E-state index in [1.54, 1.807) is 7.11 Å². The van der Waals surface area contributed by atoms with E-state index in [0.29, 0.717) is 0 Å². The molecule has 1 aromatic rings. The Morgan fingerprint density at radius 3 is 2.64 bits per heavy atom. The first kappa shape index (κ1) is 9.49. The van der Waals surface area contributed by atoms with Crippen molar-refractivity contribution in [2.24, 2.45) is 5.73 Å². The first-order valence-electron chi connectivity index (χ1n) is 4.80. The Labute approximate surface area is 84.3 Å². The molecule has 3 heteroatoms. The Morgan fingerprint density at radius 1 is 1.43 bits per heavy atom. The zero-order chi connectivity index (χ0) is 10.2. The number of ether oxygens (including phenoxy) is 1. The normalized spacial score (nSPS) is 18.8. The fourth-order valence-corrected chi connectivity index (χ4v) is 1.85. The smallest absolute Gasteiger partial charge is 0.119 e. The quantitative estimate of drug-likeness (QED) is 0.727. The average molecular weight is 192 g/mol. The van der Waals surface area contributed by atoms with Crippen LogP contribution in [0.15, 0.2) is 18.2 Å². The number of aryl methyl sites for hydroxylation is 1. The van der Waals surface area contributed by atoms with Crippen LogP contribution in [-0.4, -0.2) is 20.2 Å². The van der Waals surface area contributed by atoms with Crippen LogP contribution in [0.4, 0.5) is 0 Å². The van der Waals surface area contributed by atoms with Gasteiger partial charge in [0.15, 0.2) is 0 Å². The van der Waals surface area contributed by atoms with E-state index in [1.165, 1.54) is 11.1 Å². The molecule has 1 fully saturated rings. The number of hydrogen-bond acceptors (Lipinski definition) is 3. The van der Waals surface area contributed by atoms with Gasteiger partial charge in [-0.1, -0.05) is 6.07 Å². The van der Waals surface area contributed by atoms with Crippen LogP contribution in [-0.2, 0) is 5.54 Å². The van der Waals surface area contributed by atoms with Gasteiger partial charge in [-0.25, -0.2) is 0 Å². The second-order valence-electron chi connectivity index (χ2n) is 3.94. The molecular weight excluding hydrogens is 176 g/mol. The zero-order valence-electron chi connectivity index (χ0n) is 8.63. The molecule has 1 aliphatic rings. The van der Waals surface area contributed by atoms with Crippen molar-refractivity contribution in [1.29, 1.82) is 0 Å². The van der Waals surface area contributed by atoms with E-state index >= 15 is 0 Å². The van der Waals surface area contributed by atoms with Crippen molar-refractivity contribution in [2.75, 3.05) is 20.2 Å². The van der Waals surface area contributed by atoms with E-state index in [-0.39, 0.29) is 5.54 Å². The summed E-state index contributed by atoms with van der Waals surface area (Å²) in [7, 11) is 1.68. The van der Waals surface area contributed by atoms with E-state index < -0.39 is 0 Å². The van der Waals surface area contributed by atoms with Crippen molar-refractivity contribution >= 4 is 0 Å². The lowest BCUT2D eigenvalue weighted by Gasteiger charge is -2.40. The molecular formula is C11H16N2O. The summed E-state index contributed by atoms with van der Waals surface area (Å²) < 4.78 is 5.20. The molecule has 1 aliphatic heterocycles. The van der Waals surface area contributed by atoms with E-state index in [2.05, 4.69) is 18.3 Å². The number of hydrogen-bond donors (Lipinski definition) is 2. The summed E-state index contributed by atoms with van der Waals surface area (Å²) in [5, 5.41) is 3.20. The second kappa shape index (κ2) is 3.26. The van der Waals surface area contributed by atoms with Crippen molar-refractivity contribution in [1.82, 2.24) is 5.32 Å². The highest BCUT2D eigenvalue weighted by Gasteiger charge is 2.35. The SMILES string of the molecule is COc1ccc(C)c(C2(N)CNC2)c1. The first-order valence-corrected chi connectivity index (χ1v) is 4.80. The molecule has 0 bridgehead atoms. The molecule has 2 rings (SSSR count). The molecule has 0 unspecified atom stereocenters. The Kier molecular flexibility index (Phi) is 2.21. The van der Waals surface area contributed by atoms with Gasteiger partial charge in [0.25, 0.3) is 0 Å². The lowest BCUT2D eigenvalue weighted by atomic mass is 9.83. The van der Waals surface area contributed by atoms with Gasteiger partial charge in [-0.3, -0.25) is 0 Å². The van der Waals surface area contributed by atoms with Gasteiger partial charge in [0.05, 0.1) is 12.6 Å². The van der Waals surface area contributed by atoms with Crippen LogP contribution < -0.4 is 15.8 Å². The third-order valence-electron chi connectivity index (χ3n) is 2.86. The lowest BCUT2D eigenvalue weighted by molar-refractivity contribution is 0.284. The predicted molar refractivity (Wildman–Crippen MR) is 56.5 cm³/mol. The van der Waals surface area contributed by atoms with Crippen LogP contribution >= 0.6 is 0 Å². The minimum atomic E-state index is -0.196. The topological polar surface area (TPSA) is 47.3 Å². The Bertz CT molecular complexity index is 345. The summed E-state index contributed by atoms with van der Waals surface area (Å²) in [6, 6.07) is 6.06. The zero-order valence-corrected chi connectivity index (χ0v) is 8.63. The number of nitrogens with one attached hydrogen (secondary N) is 1. The van der Waals surface area contributed by atoms with Crippen LogP contribution in [0.1, 0.15) is 11.1 Å². The maximum atomic E-state index is 6.23. The van der Waals surface area contributed by atoms with Gasteiger partial charge in [0.1, 0.15) is 5.75 Å². The molecule has 3 nitrogen and oxygen atoms in total. The van der Waals surface area contributed by atoms with Crippen LogP contribution in [0.5, 0.6) is 5.75 Å². The maximum absolute atomic E-state index is 6.23. The van der Waals surface area contributed by atoms with E-state index in [1.807, 2.05) is 12.1 Å². The van der Waals surface area contributed by atoms with Crippen LogP contribution in [0.25, 0.3) is 0 Å². The Morgan fingerprint density at radius 2 is 2.14 bits per heavy atom. The standard InChI is InChI=1S/C11H16N2O/c1-8-3-4-9(14-2)5-10(8)11(12)6-13-7-11/h3-5,13H,6-7,12H2,1-2H3. The average Bonchev–Trinajstić information content (AvgIpc) is 2.15. The molecule has 1 aromatic carbocycles. The molecule has 0 saturated carbocycles.